The van der Waals surface area contributed by atoms with Gasteiger partial charge in [0.2, 0.25) is 0 Å². The van der Waals surface area contributed by atoms with Crippen LogP contribution in [0, 0.1) is 0 Å². The average Bonchev–Trinajstić information content (AvgIpc) is 2.45. The molecule has 0 saturated carbocycles. The number of ether oxygens (including phenoxy) is 1. The lowest BCUT2D eigenvalue weighted by molar-refractivity contribution is 0.102. The van der Waals surface area contributed by atoms with Crippen LogP contribution in [0.1, 0.15) is 10.4 Å². The Balaban J connectivity index is 2.07. The fourth-order valence-electron chi connectivity index (χ4n) is 1.65. The van der Waals surface area contributed by atoms with Gasteiger partial charge in [-0.2, -0.15) is 0 Å². The van der Waals surface area contributed by atoms with Crippen molar-refractivity contribution in [2.75, 3.05) is 12.9 Å². The second kappa shape index (κ2) is 6.78. The van der Waals surface area contributed by atoms with Crippen LogP contribution in [-0.2, 0) is 0 Å². The molecule has 2 aromatic rings. The third-order valence-corrected chi connectivity index (χ3v) is 4.35. The molecule has 0 aliphatic rings. The highest BCUT2D eigenvalue weighted by atomic mass is 79.9. The SMILES string of the molecule is COc1ccccc1SCC(=O)c1ccccc1Br. The molecule has 98 valence electrons. The van der Waals surface area contributed by atoms with Crippen LogP contribution in [-0.4, -0.2) is 18.6 Å². The summed E-state index contributed by atoms with van der Waals surface area (Å²) >= 11 is 4.88. The van der Waals surface area contributed by atoms with Crippen LogP contribution in [0.3, 0.4) is 0 Å². The van der Waals surface area contributed by atoms with E-state index in [1.807, 2.05) is 48.5 Å². The number of ketones is 1. The van der Waals surface area contributed by atoms with Crippen LogP contribution in [0.2, 0.25) is 0 Å². The van der Waals surface area contributed by atoms with Gasteiger partial charge in [0.05, 0.1) is 12.9 Å². The minimum Gasteiger partial charge on any atom is -0.496 e. The van der Waals surface area contributed by atoms with Crippen molar-refractivity contribution < 1.29 is 9.53 Å². The van der Waals surface area contributed by atoms with E-state index in [1.165, 1.54) is 11.8 Å². The van der Waals surface area contributed by atoms with Crippen molar-refractivity contribution in [3.63, 3.8) is 0 Å². The summed E-state index contributed by atoms with van der Waals surface area (Å²) in [6.07, 6.45) is 0. The molecule has 2 rings (SSSR count). The van der Waals surface area contributed by atoms with Gasteiger partial charge >= 0.3 is 0 Å². The Hall–Kier alpha value is -1.26. The number of thioether (sulfide) groups is 1. The topological polar surface area (TPSA) is 26.3 Å². The van der Waals surface area contributed by atoms with Crippen molar-refractivity contribution in [2.45, 2.75) is 4.90 Å². The van der Waals surface area contributed by atoms with Gasteiger partial charge in [-0.1, -0.05) is 46.3 Å². The highest BCUT2D eigenvalue weighted by molar-refractivity contribution is 9.10. The first-order valence-corrected chi connectivity index (χ1v) is 7.54. The van der Waals surface area contributed by atoms with Crippen LogP contribution < -0.4 is 4.74 Å². The molecule has 0 unspecified atom stereocenters. The van der Waals surface area contributed by atoms with Gasteiger partial charge in [-0.15, -0.1) is 11.8 Å². The predicted molar refractivity (Wildman–Crippen MR) is 82.2 cm³/mol. The maximum Gasteiger partial charge on any atom is 0.174 e. The normalized spacial score (nSPS) is 10.2. The molecule has 0 saturated heterocycles. The maximum atomic E-state index is 12.1. The number of benzene rings is 2. The highest BCUT2D eigenvalue weighted by Gasteiger charge is 2.11. The van der Waals surface area contributed by atoms with E-state index >= 15 is 0 Å². The first-order chi connectivity index (χ1) is 9.22. The summed E-state index contributed by atoms with van der Waals surface area (Å²) in [6, 6.07) is 15.2. The average molecular weight is 337 g/mol. The van der Waals surface area contributed by atoms with E-state index < -0.39 is 0 Å². The summed E-state index contributed by atoms with van der Waals surface area (Å²) in [4.78, 5) is 13.1. The zero-order chi connectivity index (χ0) is 13.7. The van der Waals surface area contributed by atoms with Gasteiger partial charge in [-0.3, -0.25) is 4.79 Å². The van der Waals surface area contributed by atoms with E-state index in [0.717, 1.165) is 15.1 Å². The lowest BCUT2D eigenvalue weighted by Crippen LogP contribution is -2.03. The number of hydrogen-bond donors (Lipinski definition) is 0. The van der Waals surface area contributed by atoms with E-state index in [1.54, 1.807) is 7.11 Å². The van der Waals surface area contributed by atoms with Crippen LogP contribution in [0.5, 0.6) is 5.75 Å². The Morgan fingerprint density at radius 3 is 2.58 bits per heavy atom. The van der Waals surface area contributed by atoms with Crippen molar-refractivity contribution in [1.29, 1.82) is 0 Å². The van der Waals surface area contributed by atoms with E-state index in [9.17, 15) is 4.79 Å². The van der Waals surface area contributed by atoms with Crippen LogP contribution in [0.25, 0.3) is 0 Å². The molecule has 4 heteroatoms. The number of rotatable bonds is 5. The molecule has 0 heterocycles. The molecule has 0 spiro atoms. The summed E-state index contributed by atoms with van der Waals surface area (Å²) in [6.45, 7) is 0. The maximum absolute atomic E-state index is 12.1. The third kappa shape index (κ3) is 3.61. The van der Waals surface area contributed by atoms with E-state index in [4.69, 9.17) is 4.74 Å². The number of carbonyl (C=O) groups excluding carboxylic acids is 1. The minimum atomic E-state index is 0.100. The summed E-state index contributed by atoms with van der Waals surface area (Å²) in [5.74, 6) is 1.29. The fourth-order valence-corrected chi connectivity index (χ4v) is 3.06. The molecule has 0 aliphatic carbocycles. The summed E-state index contributed by atoms with van der Waals surface area (Å²) < 4.78 is 6.10. The smallest absolute Gasteiger partial charge is 0.174 e. The van der Waals surface area contributed by atoms with Gasteiger partial charge in [0.1, 0.15) is 5.75 Å². The number of carbonyl (C=O) groups is 1. The van der Waals surface area contributed by atoms with Crippen molar-refractivity contribution in [3.8, 4) is 5.75 Å². The number of para-hydroxylation sites is 1. The van der Waals surface area contributed by atoms with Crippen molar-refractivity contribution in [1.82, 2.24) is 0 Å². The van der Waals surface area contributed by atoms with Gasteiger partial charge in [-0.25, -0.2) is 0 Å². The Bertz CT molecular complexity index is 584. The lowest BCUT2D eigenvalue weighted by atomic mass is 10.1. The zero-order valence-corrected chi connectivity index (χ0v) is 12.8. The number of methoxy groups -OCH3 is 1. The monoisotopic (exact) mass is 336 g/mol. The summed E-state index contributed by atoms with van der Waals surface area (Å²) in [7, 11) is 1.63. The highest BCUT2D eigenvalue weighted by Crippen LogP contribution is 2.29. The van der Waals surface area contributed by atoms with Crippen molar-refractivity contribution >= 4 is 33.5 Å². The minimum absolute atomic E-state index is 0.100. The molecule has 19 heavy (non-hydrogen) atoms. The molecular weight excluding hydrogens is 324 g/mol. The molecule has 0 radical (unpaired) electrons. The molecule has 0 aromatic heterocycles. The van der Waals surface area contributed by atoms with Gasteiger partial charge in [0.25, 0.3) is 0 Å². The molecule has 0 bridgehead atoms. The molecule has 2 nitrogen and oxygen atoms in total. The van der Waals surface area contributed by atoms with E-state index in [0.29, 0.717) is 11.3 Å². The molecule has 2 aromatic carbocycles. The first kappa shape index (κ1) is 14.2. The molecule has 0 atom stereocenters. The summed E-state index contributed by atoms with van der Waals surface area (Å²) in [5.41, 5.74) is 0.713. The summed E-state index contributed by atoms with van der Waals surface area (Å²) in [5, 5.41) is 0. The Kier molecular flexibility index (Phi) is 5.05. The van der Waals surface area contributed by atoms with Crippen LogP contribution in [0.4, 0.5) is 0 Å². The molecule has 0 fully saturated rings. The van der Waals surface area contributed by atoms with E-state index in [-0.39, 0.29) is 5.78 Å². The second-order valence-electron chi connectivity index (χ2n) is 3.84. The quantitative estimate of drug-likeness (QED) is 0.596. The lowest BCUT2D eigenvalue weighted by Gasteiger charge is -2.07. The van der Waals surface area contributed by atoms with Crippen molar-refractivity contribution in [3.05, 3.63) is 58.6 Å². The Labute approximate surface area is 125 Å². The van der Waals surface area contributed by atoms with Gasteiger partial charge in [0, 0.05) is 14.9 Å². The Morgan fingerprint density at radius 1 is 1.16 bits per heavy atom. The molecule has 0 N–H and O–H groups in total. The third-order valence-electron chi connectivity index (χ3n) is 2.60. The van der Waals surface area contributed by atoms with Gasteiger partial charge in [0.15, 0.2) is 5.78 Å². The molecular formula is C15H13BrO2S. The molecule has 0 amide bonds. The Morgan fingerprint density at radius 2 is 1.84 bits per heavy atom. The van der Waals surface area contributed by atoms with Gasteiger partial charge in [-0.05, 0) is 18.2 Å². The number of Topliss-reactive ketones (excluding diaryl/α,β-unsaturated/α-hetero) is 1. The van der Waals surface area contributed by atoms with Crippen LogP contribution in [0.15, 0.2) is 57.9 Å². The second-order valence-corrected chi connectivity index (χ2v) is 5.71. The molecule has 0 aliphatic heterocycles. The van der Waals surface area contributed by atoms with Crippen LogP contribution >= 0.6 is 27.7 Å². The fraction of sp³-hybridized carbons (Fsp3) is 0.133. The largest absolute Gasteiger partial charge is 0.496 e. The van der Waals surface area contributed by atoms with Gasteiger partial charge < -0.3 is 4.74 Å². The first-order valence-electron chi connectivity index (χ1n) is 5.76. The zero-order valence-electron chi connectivity index (χ0n) is 10.4. The van der Waals surface area contributed by atoms with Crippen molar-refractivity contribution in [2.24, 2.45) is 0 Å². The number of halogens is 1. The van der Waals surface area contributed by atoms with E-state index in [2.05, 4.69) is 15.9 Å². The number of hydrogen-bond acceptors (Lipinski definition) is 3. The predicted octanol–water partition coefficient (Wildman–Crippen LogP) is 4.43. The standard InChI is InChI=1S/C15H13BrO2S/c1-18-14-8-4-5-9-15(14)19-10-13(17)11-6-2-3-7-12(11)16/h2-9H,10H2,1H3.